The van der Waals surface area contributed by atoms with Gasteiger partial charge in [-0.3, -0.25) is 4.90 Å². The molecule has 2 aliphatic rings. The number of likely N-dealkylation sites (tertiary alicyclic amines) is 1. The summed E-state index contributed by atoms with van der Waals surface area (Å²) in [6.07, 6.45) is 4.16. The third-order valence-electron chi connectivity index (χ3n) is 3.78. The summed E-state index contributed by atoms with van der Waals surface area (Å²) in [5.74, 6) is 0.865. The van der Waals surface area contributed by atoms with Gasteiger partial charge >= 0.3 is 0 Å². The minimum Gasteiger partial charge on any atom is -0.380 e. The zero-order valence-electron chi connectivity index (χ0n) is 10.7. The Morgan fingerprint density at radius 2 is 2.19 bits per heavy atom. The maximum Gasteiger partial charge on any atom is 0.0618 e. The van der Waals surface area contributed by atoms with Crippen LogP contribution in [0.3, 0.4) is 0 Å². The molecule has 0 aromatic carbocycles. The first kappa shape index (κ1) is 12.3. The molecule has 0 radical (unpaired) electrons. The second-order valence-electron chi connectivity index (χ2n) is 5.34. The van der Waals surface area contributed by atoms with E-state index in [2.05, 4.69) is 24.1 Å². The lowest BCUT2D eigenvalue weighted by Gasteiger charge is -2.24. The number of rotatable bonds is 7. The number of nitrogens with one attached hydrogen (secondary N) is 1. The number of nitrogens with zero attached hydrogens (tertiary/aromatic N) is 1. The zero-order chi connectivity index (χ0) is 11.4. The largest absolute Gasteiger partial charge is 0.380 e. The summed E-state index contributed by atoms with van der Waals surface area (Å²) in [5, 5.41) is 3.64. The van der Waals surface area contributed by atoms with Crippen LogP contribution in [-0.4, -0.2) is 49.8 Å². The van der Waals surface area contributed by atoms with Crippen LogP contribution >= 0.6 is 0 Å². The van der Waals surface area contributed by atoms with Crippen molar-refractivity contribution in [2.75, 3.05) is 32.8 Å². The zero-order valence-corrected chi connectivity index (χ0v) is 10.7. The van der Waals surface area contributed by atoms with E-state index in [1.807, 2.05) is 0 Å². The average molecular weight is 226 g/mol. The lowest BCUT2D eigenvalue weighted by Crippen LogP contribution is -2.35. The Balaban J connectivity index is 1.61. The van der Waals surface area contributed by atoms with E-state index >= 15 is 0 Å². The fraction of sp³-hybridized carbons (Fsp3) is 1.00. The third kappa shape index (κ3) is 3.72. The molecule has 0 spiro atoms. The van der Waals surface area contributed by atoms with Crippen LogP contribution in [0.2, 0.25) is 0 Å². The van der Waals surface area contributed by atoms with Crippen LogP contribution in [0.1, 0.15) is 33.1 Å². The number of ether oxygens (including phenoxy) is 1. The SMILES string of the molecule is CCOCC(C)N1CCC(CNC2CC2)C1. The molecule has 0 aromatic rings. The van der Waals surface area contributed by atoms with E-state index in [1.165, 1.54) is 38.9 Å². The molecule has 16 heavy (non-hydrogen) atoms. The van der Waals surface area contributed by atoms with Crippen molar-refractivity contribution in [3.8, 4) is 0 Å². The van der Waals surface area contributed by atoms with Crippen molar-refractivity contribution < 1.29 is 4.74 Å². The molecule has 0 aromatic heterocycles. The van der Waals surface area contributed by atoms with Crippen molar-refractivity contribution in [1.82, 2.24) is 10.2 Å². The topological polar surface area (TPSA) is 24.5 Å². The lowest BCUT2D eigenvalue weighted by atomic mass is 10.1. The summed E-state index contributed by atoms with van der Waals surface area (Å²) < 4.78 is 5.49. The molecule has 3 nitrogen and oxygen atoms in total. The van der Waals surface area contributed by atoms with Crippen molar-refractivity contribution in [2.45, 2.75) is 45.2 Å². The molecule has 2 rings (SSSR count). The molecule has 1 aliphatic heterocycles. The molecule has 0 amide bonds. The van der Waals surface area contributed by atoms with Gasteiger partial charge in [-0.15, -0.1) is 0 Å². The third-order valence-corrected chi connectivity index (χ3v) is 3.78. The Morgan fingerprint density at radius 3 is 2.88 bits per heavy atom. The Bertz CT molecular complexity index is 206. The molecule has 2 atom stereocenters. The Hall–Kier alpha value is -0.120. The molecule has 1 saturated carbocycles. The predicted molar refractivity (Wildman–Crippen MR) is 66.7 cm³/mol. The molecular formula is C13H26N2O. The fourth-order valence-electron chi connectivity index (χ4n) is 2.44. The first-order valence-electron chi connectivity index (χ1n) is 6.84. The van der Waals surface area contributed by atoms with Gasteiger partial charge in [0.15, 0.2) is 0 Å². The molecule has 1 aliphatic carbocycles. The van der Waals surface area contributed by atoms with Gasteiger partial charge in [-0.1, -0.05) is 0 Å². The van der Waals surface area contributed by atoms with Gasteiger partial charge in [0, 0.05) is 25.2 Å². The second-order valence-corrected chi connectivity index (χ2v) is 5.34. The van der Waals surface area contributed by atoms with Gasteiger partial charge in [-0.2, -0.15) is 0 Å². The van der Waals surface area contributed by atoms with Gasteiger partial charge in [0.1, 0.15) is 0 Å². The van der Waals surface area contributed by atoms with Crippen molar-refractivity contribution in [2.24, 2.45) is 5.92 Å². The number of hydrogen-bond donors (Lipinski definition) is 1. The molecule has 0 bridgehead atoms. The van der Waals surface area contributed by atoms with Crippen LogP contribution in [0.15, 0.2) is 0 Å². The molecule has 2 fully saturated rings. The van der Waals surface area contributed by atoms with Crippen molar-refractivity contribution in [3.63, 3.8) is 0 Å². The van der Waals surface area contributed by atoms with Crippen molar-refractivity contribution in [1.29, 1.82) is 0 Å². The van der Waals surface area contributed by atoms with Crippen LogP contribution in [0, 0.1) is 5.92 Å². The Kier molecular flexibility index (Phi) is 4.62. The Morgan fingerprint density at radius 1 is 1.38 bits per heavy atom. The van der Waals surface area contributed by atoms with E-state index in [4.69, 9.17) is 4.74 Å². The van der Waals surface area contributed by atoms with Crippen LogP contribution < -0.4 is 5.32 Å². The number of hydrogen-bond acceptors (Lipinski definition) is 3. The van der Waals surface area contributed by atoms with Crippen molar-refractivity contribution in [3.05, 3.63) is 0 Å². The van der Waals surface area contributed by atoms with Gasteiger partial charge in [0.05, 0.1) is 6.61 Å². The quantitative estimate of drug-likeness (QED) is 0.712. The highest BCUT2D eigenvalue weighted by atomic mass is 16.5. The van der Waals surface area contributed by atoms with Gasteiger partial charge in [0.2, 0.25) is 0 Å². The highest BCUT2D eigenvalue weighted by Gasteiger charge is 2.28. The van der Waals surface area contributed by atoms with E-state index in [-0.39, 0.29) is 0 Å². The molecule has 1 heterocycles. The maximum absolute atomic E-state index is 5.49. The monoisotopic (exact) mass is 226 g/mol. The summed E-state index contributed by atoms with van der Waals surface area (Å²) in [7, 11) is 0. The van der Waals surface area contributed by atoms with Crippen LogP contribution in [0.25, 0.3) is 0 Å². The molecule has 94 valence electrons. The summed E-state index contributed by atoms with van der Waals surface area (Å²) in [6, 6.07) is 1.45. The highest BCUT2D eigenvalue weighted by Crippen LogP contribution is 2.22. The van der Waals surface area contributed by atoms with Gasteiger partial charge in [-0.05, 0) is 52.1 Å². The first-order valence-corrected chi connectivity index (χ1v) is 6.84. The molecule has 1 N–H and O–H groups in total. The van der Waals surface area contributed by atoms with E-state index in [0.717, 1.165) is 25.2 Å². The van der Waals surface area contributed by atoms with E-state index < -0.39 is 0 Å². The smallest absolute Gasteiger partial charge is 0.0618 e. The predicted octanol–water partition coefficient (Wildman–Crippen LogP) is 1.49. The van der Waals surface area contributed by atoms with Gasteiger partial charge < -0.3 is 10.1 Å². The second kappa shape index (κ2) is 5.99. The molecule has 2 unspecified atom stereocenters. The van der Waals surface area contributed by atoms with Crippen LogP contribution in [0.5, 0.6) is 0 Å². The summed E-state index contributed by atoms with van der Waals surface area (Å²) in [4.78, 5) is 2.58. The van der Waals surface area contributed by atoms with E-state index in [9.17, 15) is 0 Å². The lowest BCUT2D eigenvalue weighted by molar-refractivity contribution is 0.0828. The van der Waals surface area contributed by atoms with Crippen molar-refractivity contribution >= 4 is 0 Å². The maximum atomic E-state index is 5.49. The molecule has 1 saturated heterocycles. The van der Waals surface area contributed by atoms with Gasteiger partial charge in [0.25, 0.3) is 0 Å². The fourth-order valence-corrected chi connectivity index (χ4v) is 2.44. The van der Waals surface area contributed by atoms with Crippen LogP contribution in [-0.2, 0) is 4.74 Å². The normalized spacial score (nSPS) is 28.5. The minimum absolute atomic E-state index is 0.589. The van der Waals surface area contributed by atoms with E-state index in [1.54, 1.807) is 0 Å². The van der Waals surface area contributed by atoms with E-state index in [0.29, 0.717) is 6.04 Å². The molecular weight excluding hydrogens is 200 g/mol. The summed E-state index contributed by atoms with van der Waals surface area (Å²) in [6.45, 7) is 9.82. The standard InChI is InChI=1S/C13H26N2O/c1-3-16-10-11(2)15-7-6-12(9-15)8-14-13-4-5-13/h11-14H,3-10H2,1-2H3. The minimum atomic E-state index is 0.589. The van der Waals surface area contributed by atoms with Gasteiger partial charge in [-0.25, -0.2) is 0 Å². The summed E-state index contributed by atoms with van der Waals surface area (Å²) in [5.41, 5.74) is 0. The molecule has 3 heteroatoms. The Labute approximate surface area is 99.5 Å². The highest BCUT2D eigenvalue weighted by molar-refractivity contribution is 4.85. The van der Waals surface area contributed by atoms with Crippen LogP contribution in [0.4, 0.5) is 0 Å². The first-order chi connectivity index (χ1) is 7.79. The summed E-state index contributed by atoms with van der Waals surface area (Å²) >= 11 is 0. The average Bonchev–Trinajstić information content (AvgIpc) is 3.00.